The van der Waals surface area contributed by atoms with Crippen molar-refractivity contribution in [3.05, 3.63) is 59.1 Å². The lowest BCUT2D eigenvalue weighted by atomic mass is 10.2. The highest BCUT2D eigenvalue weighted by Crippen LogP contribution is 2.19. The van der Waals surface area contributed by atoms with Crippen molar-refractivity contribution in [2.45, 2.75) is 37.5 Å². The van der Waals surface area contributed by atoms with Crippen molar-refractivity contribution in [2.24, 2.45) is 0 Å². The predicted octanol–water partition coefficient (Wildman–Crippen LogP) is 3.92. The summed E-state index contributed by atoms with van der Waals surface area (Å²) in [5, 5.41) is 0.0692. The zero-order chi connectivity index (χ0) is 19.7. The monoisotopic (exact) mass is 410 g/mol. The lowest BCUT2D eigenvalue weighted by Gasteiger charge is -2.10. The van der Waals surface area contributed by atoms with Gasteiger partial charge in [0.15, 0.2) is 0 Å². The molecule has 0 fully saturated rings. The minimum Gasteiger partial charge on any atom is -0.494 e. The van der Waals surface area contributed by atoms with Crippen LogP contribution in [0.3, 0.4) is 0 Å². The number of nitrogens with one attached hydrogen (secondary N) is 2. The van der Waals surface area contributed by atoms with Crippen LogP contribution >= 0.6 is 11.6 Å². The molecule has 1 amide bonds. The van der Waals surface area contributed by atoms with Crippen molar-refractivity contribution in [3.63, 3.8) is 0 Å². The first kappa shape index (κ1) is 21.2. The molecule has 0 saturated carbocycles. The Bertz CT molecular complexity index is 854. The van der Waals surface area contributed by atoms with Crippen LogP contribution in [0.25, 0.3) is 0 Å². The second-order valence-corrected chi connectivity index (χ2v) is 7.98. The van der Waals surface area contributed by atoms with Crippen molar-refractivity contribution < 1.29 is 17.9 Å². The number of hydrazine groups is 1. The topological polar surface area (TPSA) is 84.5 Å². The van der Waals surface area contributed by atoms with Crippen LogP contribution in [0.15, 0.2) is 53.4 Å². The minimum absolute atomic E-state index is 0.0692. The summed E-state index contributed by atoms with van der Waals surface area (Å²) in [7, 11) is -3.96. The Morgan fingerprint density at radius 1 is 1.04 bits per heavy atom. The van der Waals surface area contributed by atoms with Gasteiger partial charge in [0.05, 0.1) is 11.6 Å². The van der Waals surface area contributed by atoms with Gasteiger partial charge in [-0.1, -0.05) is 49.9 Å². The zero-order valence-electron chi connectivity index (χ0n) is 15.1. The molecule has 146 valence electrons. The van der Waals surface area contributed by atoms with Crippen molar-refractivity contribution in [1.82, 2.24) is 10.3 Å². The molecule has 8 heteroatoms. The lowest BCUT2D eigenvalue weighted by Crippen LogP contribution is -2.41. The normalized spacial score (nSPS) is 11.2. The number of hydrogen-bond acceptors (Lipinski definition) is 4. The van der Waals surface area contributed by atoms with Gasteiger partial charge in [-0.2, -0.15) is 0 Å². The van der Waals surface area contributed by atoms with E-state index in [-0.39, 0.29) is 9.92 Å². The Hall–Kier alpha value is -2.09. The summed E-state index contributed by atoms with van der Waals surface area (Å²) < 4.78 is 30.0. The van der Waals surface area contributed by atoms with Crippen molar-refractivity contribution in [1.29, 1.82) is 0 Å². The van der Waals surface area contributed by atoms with Gasteiger partial charge in [-0.25, -0.2) is 8.42 Å². The van der Waals surface area contributed by atoms with Crippen molar-refractivity contribution >= 4 is 27.5 Å². The van der Waals surface area contributed by atoms with E-state index in [4.69, 9.17) is 16.3 Å². The van der Waals surface area contributed by atoms with Crippen LogP contribution in [-0.4, -0.2) is 20.9 Å². The molecule has 2 aromatic rings. The molecule has 0 aliphatic heterocycles. The van der Waals surface area contributed by atoms with Crippen LogP contribution in [0, 0.1) is 0 Å². The molecule has 2 N–H and O–H groups in total. The molecule has 0 unspecified atom stereocenters. The predicted molar refractivity (Wildman–Crippen MR) is 105 cm³/mol. The Morgan fingerprint density at radius 3 is 2.41 bits per heavy atom. The van der Waals surface area contributed by atoms with Crippen LogP contribution < -0.4 is 15.0 Å². The van der Waals surface area contributed by atoms with E-state index in [2.05, 4.69) is 12.3 Å². The van der Waals surface area contributed by atoms with E-state index in [0.717, 1.165) is 12.8 Å². The van der Waals surface area contributed by atoms with Crippen molar-refractivity contribution in [3.8, 4) is 5.75 Å². The van der Waals surface area contributed by atoms with E-state index in [1.807, 2.05) is 4.83 Å². The van der Waals surface area contributed by atoms with Gasteiger partial charge in [0.1, 0.15) is 10.6 Å². The second-order valence-electron chi connectivity index (χ2n) is 5.92. The van der Waals surface area contributed by atoms with Crippen molar-refractivity contribution in [2.75, 3.05) is 6.61 Å². The van der Waals surface area contributed by atoms with Crippen LogP contribution in [0.5, 0.6) is 5.75 Å². The number of carbonyl (C=O) groups excluding carboxylic acids is 1. The van der Waals surface area contributed by atoms with Gasteiger partial charge in [0.25, 0.3) is 15.9 Å². The molecule has 6 nitrogen and oxygen atoms in total. The Morgan fingerprint density at radius 2 is 1.74 bits per heavy atom. The maximum absolute atomic E-state index is 12.2. The van der Waals surface area contributed by atoms with E-state index in [0.29, 0.717) is 17.9 Å². The summed E-state index contributed by atoms with van der Waals surface area (Å²) >= 11 is 5.88. The lowest BCUT2D eigenvalue weighted by molar-refractivity contribution is 0.0945. The van der Waals surface area contributed by atoms with E-state index >= 15 is 0 Å². The molecule has 0 radical (unpaired) electrons. The molecule has 0 heterocycles. The van der Waals surface area contributed by atoms with Gasteiger partial charge < -0.3 is 4.74 Å². The number of sulfonamides is 1. The SMILES string of the molecule is CCCCCCOc1ccc(C(=O)NNS(=O)(=O)c2ccccc2Cl)cc1. The summed E-state index contributed by atoms with van der Waals surface area (Å²) in [5.41, 5.74) is 2.48. The molecule has 2 rings (SSSR count). The molecule has 0 aliphatic carbocycles. The molecule has 0 bridgehead atoms. The summed E-state index contributed by atoms with van der Waals surface area (Å²) in [6.45, 7) is 2.78. The Kier molecular flexibility index (Phi) is 8.09. The Balaban J connectivity index is 1.88. The fourth-order valence-electron chi connectivity index (χ4n) is 2.32. The average molecular weight is 411 g/mol. The summed E-state index contributed by atoms with van der Waals surface area (Å²) in [6.07, 6.45) is 4.47. The smallest absolute Gasteiger partial charge is 0.266 e. The first-order chi connectivity index (χ1) is 12.9. The molecule has 0 spiro atoms. The van der Waals surface area contributed by atoms with Gasteiger partial charge in [-0.3, -0.25) is 10.2 Å². The molecule has 27 heavy (non-hydrogen) atoms. The van der Waals surface area contributed by atoms with Crippen LogP contribution in [-0.2, 0) is 10.0 Å². The molecule has 0 aliphatic rings. The largest absolute Gasteiger partial charge is 0.494 e. The van der Waals surface area contributed by atoms with Crippen LogP contribution in [0.2, 0.25) is 5.02 Å². The number of carbonyl (C=O) groups is 1. The number of amides is 1. The highest BCUT2D eigenvalue weighted by atomic mass is 35.5. The average Bonchev–Trinajstić information content (AvgIpc) is 2.67. The fraction of sp³-hybridized carbons (Fsp3) is 0.316. The third kappa shape index (κ3) is 6.53. The third-order valence-electron chi connectivity index (χ3n) is 3.81. The standard InChI is InChI=1S/C19H23ClN2O4S/c1-2-3-4-7-14-26-16-12-10-15(11-13-16)19(23)21-22-27(24,25)18-9-6-5-8-17(18)20/h5-6,8-13,22H,2-4,7,14H2,1H3,(H,21,23). The summed E-state index contributed by atoms with van der Waals surface area (Å²) in [4.78, 5) is 14.1. The Labute approximate surface area is 164 Å². The van der Waals surface area contributed by atoms with E-state index in [1.54, 1.807) is 36.4 Å². The molecule has 2 aromatic carbocycles. The van der Waals surface area contributed by atoms with Gasteiger partial charge in [0, 0.05) is 5.56 Å². The van der Waals surface area contributed by atoms with E-state index in [9.17, 15) is 13.2 Å². The first-order valence-corrected chi connectivity index (χ1v) is 10.6. The number of unbranched alkanes of at least 4 members (excludes halogenated alkanes) is 3. The molecular weight excluding hydrogens is 388 g/mol. The number of hydrogen-bond donors (Lipinski definition) is 2. The summed E-state index contributed by atoms with van der Waals surface area (Å²) in [5.74, 6) is 0.0832. The van der Waals surface area contributed by atoms with E-state index in [1.165, 1.54) is 25.0 Å². The van der Waals surface area contributed by atoms with Gasteiger partial charge >= 0.3 is 0 Å². The second kappa shape index (κ2) is 10.3. The zero-order valence-corrected chi connectivity index (χ0v) is 16.6. The molecule has 0 aromatic heterocycles. The highest BCUT2D eigenvalue weighted by molar-refractivity contribution is 7.89. The molecular formula is C19H23ClN2O4S. The number of benzene rings is 2. The molecule has 0 saturated heterocycles. The first-order valence-electron chi connectivity index (χ1n) is 8.73. The van der Waals surface area contributed by atoms with Crippen LogP contribution in [0.4, 0.5) is 0 Å². The quantitative estimate of drug-likeness (QED) is 0.459. The molecule has 0 atom stereocenters. The van der Waals surface area contributed by atoms with Gasteiger partial charge in [-0.05, 0) is 42.8 Å². The number of halogens is 1. The third-order valence-corrected chi connectivity index (χ3v) is 5.56. The van der Waals surface area contributed by atoms with Gasteiger partial charge in [0.2, 0.25) is 0 Å². The minimum atomic E-state index is -3.96. The number of rotatable bonds is 10. The maximum Gasteiger partial charge on any atom is 0.266 e. The number of ether oxygens (including phenoxy) is 1. The van der Waals surface area contributed by atoms with E-state index < -0.39 is 15.9 Å². The summed E-state index contributed by atoms with van der Waals surface area (Å²) in [6, 6.07) is 12.5. The van der Waals surface area contributed by atoms with Crippen LogP contribution in [0.1, 0.15) is 43.0 Å². The maximum atomic E-state index is 12.2. The van der Waals surface area contributed by atoms with Gasteiger partial charge in [-0.15, -0.1) is 4.83 Å². The fourth-order valence-corrected chi connectivity index (χ4v) is 3.68. The highest BCUT2D eigenvalue weighted by Gasteiger charge is 2.18.